The van der Waals surface area contributed by atoms with E-state index >= 15 is 0 Å². The molecule has 0 saturated carbocycles. The number of aliphatic hydroxyl groups is 1. The number of halogens is 2. The first kappa shape index (κ1) is 10.9. The summed E-state index contributed by atoms with van der Waals surface area (Å²) in [6, 6.07) is 2.73. The van der Waals surface area contributed by atoms with E-state index in [-0.39, 0.29) is 29.2 Å². The highest BCUT2D eigenvalue weighted by molar-refractivity contribution is 6.34. The average Bonchev–Trinajstić information content (AvgIpc) is 2.13. The van der Waals surface area contributed by atoms with E-state index in [1.54, 1.807) is 0 Å². The van der Waals surface area contributed by atoms with Gasteiger partial charge in [-0.3, -0.25) is 4.79 Å². The molecule has 0 radical (unpaired) electrons. The minimum Gasteiger partial charge on any atom is -0.396 e. The molecule has 0 spiro atoms. The Morgan fingerprint density at radius 3 is 2.71 bits per heavy atom. The minimum atomic E-state index is -0.774. The highest BCUT2D eigenvalue weighted by atomic mass is 35.5. The fourth-order valence-electron chi connectivity index (χ4n) is 1.09. The predicted octanol–water partition coefficient (Wildman–Crippen LogP) is 1.11. The zero-order valence-electron chi connectivity index (χ0n) is 7.26. The molecule has 3 nitrogen and oxygen atoms in total. The monoisotopic (exact) mass is 217 g/mol. The van der Waals surface area contributed by atoms with E-state index in [0.29, 0.717) is 0 Å². The van der Waals surface area contributed by atoms with Gasteiger partial charge in [0.1, 0.15) is 5.82 Å². The Balaban J connectivity index is 3.19. The Morgan fingerprint density at radius 2 is 2.21 bits per heavy atom. The second-order valence-corrected chi connectivity index (χ2v) is 3.12. The summed E-state index contributed by atoms with van der Waals surface area (Å²) in [4.78, 5) is 10.8. The molecular formula is C9H9ClFNO2. The summed E-state index contributed by atoms with van der Waals surface area (Å²) in [7, 11) is 0. The van der Waals surface area contributed by atoms with Crippen molar-refractivity contribution in [1.29, 1.82) is 0 Å². The van der Waals surface area contributed by atoms with Gasteiger partial charge in [-0.1, -0.05) is 17.7 Å². The van der Waals surface area contributed by atoms with Crippen LogP contribution in [0.1, 0.15) is 15.9 Å². The Kier molecular flexibility index (Phi) is 3.43. The molecule has 0 atom stereocenters. The van der Waals surface area contributed by atoms with Crippen molar-refractivity contribution in [3.05, 3.63) is 34.1 Å². The number of nitrogens with two attached hydrogens (primary N) is 1. The van der Waals surface area contributed by atoms with Gasteiger partial charge in [0, 0.05) is 6.61 Å². The smallest absolute Gasteiger partial charge is 0.250 e. The third kappa shape index (κ3) is 2.02. The van der Waals surface area contributed by atoms with Gasteiger partial charge in [0.2, 0.25) is 5.91 Å². The number of carbonyl (C=O) groups excluding carboxylic acids is 1. The van der Waals surface area contributed by atoms with Gasteiger partial charge in [0.15, 0.2) is 0 Å². The molecule has 76 valence electrons. The normalized spacial score (nSPS) is 10.2. The van der Waals surface area contributed by atoms with Crippen LogP contribution in [-0.2, 0) is 6.42 Å². The van der Waals surface area contributed by atoms with Gasteiger partial charge >= 0.3 is 0 Å². The summed E-state index contributed by atoms with van der Waals surface area (Å²) in [5.41, 5.74) is 5.18. The highest BCUT2D eigenvalue weighted by Gasteiger charge is 2.14. The molecule has 0 aromatic heterocycles. The second kappa shape index (κ2) is 4.39. The summed E-state index contributed by atoms with van der Waals surface area (Å²) in [5.74, 6) is -1.47. The van der Waals surface area contributed by atoms with Gasteiger partial charge in [0.25, 0.3) is 0 Å². The maximum absolute atomic E-state index is 13.4. The largest absolute Gasteiger partial charge is 0.396 e. The maximum Gasteiger partial charge on any atom is 0.250 e. The third-order valence-corrected chi connectivity index (χ3v) is 2.18. The van der Waals surface area contributed by atoms with E-state index in [1.165, 1.54) is 12.1 Å². The van der Waals surface area contributed by atoms with Crippen molar-refractivity contribution >= 4 is 17.5 Å². The number of amides is 1. The molecule has 1 amide bonds. The summed E-state index contributed by atoms with van der Waals surface area (Å²) in [6.45, 7) is -0.177. The van der Waals surface area contributed by atoms with Crippen LogP contribution in [0.15, 0.2) is 12.1 Å². The lowest BCUT2D eigenvalue weighted by Crippen LogP contribution is -2.13. The Labute approximate surface area is 85.3 Å². The fraction of sp³-hybridized carbons (Fsp3) is 0.222. The highest BCUT2D eigenvalue weighted by Crippen LogP contribution is 2.23. The molecule has 0 saturated heterocycles. The molecule has 5 heteroatoms. The quantitative estimate of drug-likeness (QED) is 0.797. The molecular weight excluding hydrogens is 209 g/mol. The lowest BCUT2D eigenvalue weighted by atomic mass is 10.1. The van der Waals surface area contributed by atoms with Crippen molar-refractivity contribution in [3.63, 3.8) is 0 Å². The lowest BCUT2D eigenvalue weighted by Gasteiger charge is -2.05. The standard InChI is InChI=1S/C9H9ClFNO2/c10-7-6(9(12)14)2-1-5(3-4-13)8(7)11/h1-2,13H,3-4H2,(H2,12,14). The molecule has 0 bridgehead atoms. The molecule has 1 aromatic rings. The van der Waals surface area contributed by atoms with Gasteiger partial charge in [-0.25, -0.2) is 4.39 Å². The topological polar surface area (TPSA) is 63.3 Å². The van der Waals surface area contributed by atoms with Crippen LogP contribution in [0.2, 0.25) is 5.02 Å². The second-order valence-electron chi connectivity index (χ2n) is 2.74. The Hall–Kier alpha value is -1.13. The van der Waals surface area contributed by atoms with Crippen molar-refractivity contribution in [2.24, 2.45) is 5.73 Å². The summed E-state index contributed by atoms with van der Waals surface area (Å²) in [5, 5.41) is 8.32. The van der Waals surface area contributed by atoms with Crippen LogP contribution in [0.5, 0.6) is 0 Å². The molecule has 0 aliphatic carbocycles. The molecule has 0 heterocycles. The van der Waals surface area contributed by atoms with Crippen LogP contribution >= 0.6 is 11.6 Å². The number of hydrogen-bond acceptors (Lipinski definition) is 2. The van der Waals surface area contributed by atoms with Crippen LogP contribution in [0.25, 0.3) is 0 Å². The SMILES string of the molecule is NC(=O)c1ccc(CCO)c(F)c1Cl. The van der Waals surface area contributed by atoms with Crippen LogP contribution in [0.3, 0.4) is 0 Å². The van der Waals surface area contributed by atoms with Gasteiger partial charge in [-0.2, -0.15) is 0 Å². The first-order chi connectivity index (χ1) is 6.57. The van der Waals surface area contributed by atoms with Crippen molar-refractivity contribution in [2.45, 2.75) is 6.42 Å². The zero-order chi connectivity index (χ0) is 10.7. The van der Waals surface area contributed by atoms with Crippen molar-refractivity contribution in [1.82, 2.24) is 0 Å². The van der Waals surface area contributed by atoms with Crippen molar-refractivity contribution in [3.8, 4) is 0 Å². The van der Waals surface area contributed by atoms with Crippen molar-refractivity contribution in [2.75, 3.05) is 6.61 Å². The van der Waals surface area contributed by atoms with Crippen LogP contribution in [-0.4, -0.2) is 17.6 Å². The Bertz CT molecular complexity index is 368. The van der Waals surface area contributed by atoms with Crippen LogP contribution in [0.4, 0.5) is 4.39 Å². The molecule has 14 heavy (non-hydrogen) atoms. The van der Waals surface area contributed by atoms with Gasteiger partial charge in [-0.15, -0.1) is 0 Å². The third-order valence-electron chi connectivity index (χ3n) is 1.81. The van der Waals surface area contributed by atoms with Gasteiger partial charge in [0.05, 0.1) is 10.6 Å². The van der Waals surface area contributed by atoms with Gasteiger partial charge < -0.3 is 10.8 Å². The predicted molar refractivity (Wildman–Crippen MR) is 50.7 cm³/mol. The van der Waals surface area contributed by atoms with E-state index in [0.717, 1.165) is 0 Å². The van der Waals surface area contributed by atoms with E-state index in [4.69, 9.17) is 22.4 Å². The van der Waals surface area contributed by atoms with Gasteiger partial charge in [-0.05, 0) is 18.1 Å². The summed E-state index contributed by atoms with van der Waals surface area (Å²) >= 11 is 5.57. The first-order valence-electron chi connectivity index (χ1n) is 3.95. The number of primary amides is 1. The zero-order valence-corrected chi connectivity index (χ0v) is 8.01. The van der Waals surface area contributed by atoms with E-state index < -0.39 is 11.7 Å². The van der Waals surface area contributed by atoms with Crippen LogP contribution in [0, 0.1) is 5.82 Å². The van der Waals surface area contributed by atoms with E-state index in [2.05, 4.69) is 0 Å². The molecule has 1 rings (SSSR count). The number of carbonyl (C=O) groups is 1. The number of hydrogen-bond donors (Lipinski definition) is 2. The maximum atomic E-state index is 13.4. The van der Waals surface area contributed by atoms with E-state index in [9.17, 15) is 9.18 Å². The summed E-state index contributed by atoms with van der Waals surface area (Å²) in [6.07, 6.45) is 0.157. The lowest BCUT2D eigenvalue weighted by molar-refractivity contribution is 0.1000. The first-order valence-corrected chi connectivity index (χ1v) is 4.33. The van der Waals surface area contributed by atoms with E-state index in [1.807, 2.05) is 0 Å². The average molecular weight is 218 g/mol. The minimum absolute atomic E-state index is 0.0501. The number of benzene rings is 1. The number of aliphatic hydroxyl groups excluding tert-OH is 1. The molecule has 1 aromatic carbocycles. The molecule has 0 unspecified atom stereocenters. The molecule has 0 aliphatic heterocycles. The fourth-order valence-corrected chi connectivity index (χ4v) is 1.37. The van der Waals surface area contributed by atoms with Crippen LogP contribution < -0.4 is 5.73 Å². The molecule has 0 fully saturated rings. The number of rotatable bonds is 3. The Morgan fingerprint density at radius 1 is 1.57 bits per heavy atom. The summed E-state index contributed by atoms with van der Waals surface area (Å²) < 4.78 is 13.4. The van der Waals surface area contributed by atoms with Crippen molar-refractivity contribution < 1.29 is 14.3 Å². The molecule has 3 N–H and O–H groups in total. The molecule has 0 aliphatic rings.